The molecule has 0 aliphatic carbocycles. The van der Waals surface area contributed by atoms with Crippen molar-refractivity contribution in [1.29, 1.82) is 0 Å². The van der Waals surface area contributed by atoms with Gasteiger partial charge in [-0.1, -0.05) is 37.3 Å². The molecule has 1 aliphatic heterocycles. The Bertz CT molecular complexity index is 1130. The molecule has 1 aliphatic rings. The Morgan fingerprint density at radius 3 is 2.53 bits per heavy atom. The molecule has 2 aromatic carbocycles. The standard InChI is InChI=1S/C24H25N3O3/c1-3-24(13-12-21(28)27-23(24)30)16-8-10-17(11-9-16)26-22(29)14-19-15(2)25-20-7-5-4-6-18(19)20/h4-11,25H,3,12-14H2,1-2H3,(H,26,29)(H,27,28,30). The van der Waals surface area contributed by atoms with Crippen molar-refractivity contribution in [3.05, 3.63) is 65.4 Å². The van der Waals surface area contributed by atoms with E-state index in [2.05, 4.69) is 15.6 Å². The van der Waals surface area contributed by atoms with Gasteiger partial charge in [0.05, 0.1) is 11.8 Å². The molecule has 6 nitrogen and oxygen atoms in total. The SMILES string of the molecule is CCC1(c2ccc(NC(=O)Cc3c(C)[nH]c4ccccc34)cc2)CCC(=O)NC1=O. The van der Waals surface area contributed by atoms with Crippen molar-refractivity contribution in [2.24, 2.45) is 0 Å². The van der Waals surface area contributed by atoms with Gasteiger partial charge in [0.25, 0.3) is 0 Å². The minimum atomic E-state index is -0.697. The highest BCUT2D eigenvalue weighted by Gasteiger charge is 2.42. The van der Waals surface area contributed by atoms with Crippen molar-refractivity contribution in [3.8, 4) is 0 Å². The first kappa shape index (κ1) is 19.9. The van der Waals surface area contributed by atoms with Gasteiger partial charge >= 0.3 is 0 Å². The molecule has 4 rings (SSSR count). The first-order chi connectivity index (χ1) is 14.4. The molecule has 3 amide bonds. The number of amides is 3. The Hall–Kier alpha value is -3.41. The zero-order valence-corrected chi connectivity index (χ0v) is 17.2. The molecule has 0 bridgehead atoms. The molecule has 6 heteroatoms. The number of hydrogen-bond acceptors (Lipinski definition) is 3. The number of H-pyrrole nitrogens is 1. The molecule has 1 atom stereocenters. The van der Waals surface area contributed by atoms with E-state index < -0.39 is 5.41 Å². The summed E-state index contributed by atoms with van der Waals surface area (Å²) in [6, 6.07) is 15.3. The molecule has 1 aromatic heterocycles. The zero-order chi connectivity index (χ0) is 21.3. The van der Waals surface area contributed by atoms with E-state index in [-0.39, 0.29) is 24.1 Å². The molecule has 1 fully saturated rings. The van der Waals surface area contributed by atoms with Crippen LogP contribution in [0, 0.1) is 6.92 Å². The fourth-order valence-electron chi connectivity index (χ4n) is 4.37. The average molecular weight is 403 g/mol. The summed E-state index contributed by atoms with van der Waals surface area (Å²) in [5.41, 5.74) is 3.85. The molecule has 2 heterocycles. The number of fused-ring (bicyclic) bond motifs is 1. The summed E-state index contributed by atoms with van der Waals surface area (Å²) in [4.78, 5) is 40.0. The molecule has 154 valence electrons. The number of benzene rings is 2. The second-order valence-electron chi connectivity index (χ2n) is 7.89. The molecule has 3 aromatic rings. The van der Waals surface area contributed by atoms with Crippen LogP contribution >= 0.6 is 0 Å². The second kappa shape index (κ2) is 7.78. The predicted octanol–water partition coefficient (Wildman–Crippen LogP) is 3.74. The normalized spacial score (nSPS) is 19.0. The number of piperidine rings is 1. The van der Waals surface area contributed by atoms with Crippen molar-refractivity contribution in [2.75, 3.05) is 5.32 Å². The van der Waals surface area contributed by atoms with Crippen molar-refractivity contribution in [1.82, 2.24) is 10.3 Å². The van der Waals surface area contributed by atoms with Gasteiger partial charge in [-0.3, -0.25) is 19.7 Å². The number of hydrogen-bond donors (Lipinski definition) is 3. The number of para-hydroxylation sites is 1. The van der Waals surface area contributed by atoms with Crippen LogP contribution in [0.1, 0.15) is 43.0 Å². The van der Waals surface area contributed by atoms with Crippen LogP contribution < -0.4 is 10.6 Å². The zero-order valence-electron chi connectivity index (χ0n) is 17.2. The Morgan fingerprint density at radius 2 is 1.83 bits per heavy atom. The number of aryl methyl sites for hydroxylation is 1. The maximum absolute atomic E-state index is 12.6. The van der Waals surface area contributed by atoms with Crippen LogP contribution in [0.2, 0.25) is 0 Å². The van der Waals surface area contributed by atoms with E-state index in [0.717, 1.165) is 27.7 Å². The van der Waals surface area contributed by atoms with Crippen LogP contribution in [0.25, 0.3) is 10.9 Å². The lowest BCUT2D eigenvalue weighted by molar-refractivity contribution is -0.138. The summed E-state index contributed by atoms with van der Waals surface area (Å²) in [5, 5.41) is 6.46. The minimum Gasteiger partial charge on any atom is -0.358 e. The quantitative estimate of drug-likeness (QED) is 0.567. The Kier molecular flexibility index (Phi) is 5.16. The third-order valence-electron chi connectivity index (χ3n) is 6.16. The second-order valence-corrected chi connectivity index (χ2v) is 7.89. The van der Waals surface area contributed by atoms with Crippen LogP contribution in [0.3, 0.4) is 0 Å². The minimum absolute atomic E-state index is 0.0955. The number of aromatic amines is 1. The van der Waals surface area contributed by atoms with Crippen molar-refractivity contribution >= 4 is 34.3 Å². The smallest absolute Gasteiger partial charge is 0.237 e. The molecule has 0 radical (unpaired) electrons. The highest BCUT2D eigenvalue weighted by molar-refractivity contribution is 6.03. The molecule has 1 saturated heterocycles. The Balaban J connectivity index is 1.49. The highest BCUT2D eigenvalue weighted by atomic mass is 16.2. The fraction of sp³-hybridized carbons (Fsp3) is 0.292. The van der Waals surface area contributed by atoms with E-state index in [1.54, 1.807) is 0 Å². The van der Waals surface area contributed by atoms with Crippen LogP contribution in [0.4, 0.5) is 5.69 Å². The lowest BCUT2D eigenvalue weighted by atomic mass is 9.72. The summed E-state index contributed by atoms with van der Waals surface area (Å²) < 4.78 is 0. The third-order valence-corrected chi connectivity index (χ3v) is 6.16. The van der Waals surface area contributed by atoms with Crippen LogP contribution in [0.15, 0.2) is 48.5 Å². The predicted molar refractivity (Wildman–Crippen MR) is 116 cm³/mol. The van der Waals surface area contributed by atoms with Gasteiger partial charge in [-0.05, 0) is 49.1 Å². The summed E-state index contributed by atoms with van der Waals surface area (Å²) in [5.74, 6) is -0.560. The van der Waals surface area contributed by atoms with Gasteiger partial charge < -0.3 is 10.3 Å². The van der Waals surface area contributed by atoms with Crippen molar-refractivity contribution in [2.45, 2.75) is 44.9 Å². The van der Waals surface area contributed by atoms with Gasteiger partial charge in [0, 0.05) is 28.7 Å². The van der Waals surface area contributed by atoms with Gasteiger partial charge in [0.15, 0.2) is 0 Å². The number of rotatable bonds is 5. The molecule has 30 heavy (non-hydrogen) atoms. The Labute approximate surface area is 175 Å². The van der Waals surface area contributed by atoms with Gasteiger partial charge in [-0.15, -0.1) is 0 Å². The lowest BCUT2D eigenvalue weighted by Gasteiger charge is -2.35. The summed E-state index contributed by atoms with van der Waals surface area (Å²) >= 11 is 0. The monoisotopic (exact) mass is 403 g/mol. The van der Waals surface area contributed by atoms with E-state index in [4.69, 9.17) is 0 Å². The number of carbonyl (C=O) groups is 3. The summed E-state index contributed by atoms with van der Waals surface area (Å²) in [6.45, 7) is 3.93. The number of aromatic nitrogens is 1. The summed E-state index contributed by atoms with van der Waals surface area (Å²) in [7, 11) is 0. The van der Waals surface area contributed by atoms with Crippen LogP contribution in [0.5, 0.6) is 0 Å². The first-order valence-electron chi connectivity index (χ1n) is 10.2. The first-order valence-corrected chi connectivity index (χ1v) is 10.2. The largest absolute Gasteiger partial charge is 0.358 e. The van der Waals surface area contributed by atoms with Crippen LogP contribution in [-0.2, 0) is 26.2 Å². The van der Waals surface area contributed by atoms with E-state index in [1.165, 1.54) is 0 Å². The number of nitrogens with one attached hydrogen (secondary N) is 3. The maximum atomic E-state index is 12.6. The fourth-order valence-corrected chi connectivity index (χ4v) is 4.37. The van der Waals surface area contributed by atoms with E-state index in [0.29, 0.717) is 24.9 Å². The number of imide groups is 1. The molecule has 0 saturated carbocycles. The average Bonchev–Trinajstić information content (AvgIpc) is 3.04. The third kappa shape index (κ3) is 3.49. The van der Waals surface area contributed by atoms with Gasteiger partial charge in [-0.2, -0.15) is 0 Å². The molecule has 3 N–H and O–H groups in total. The number of anilines is 1. The Morgan fingerprint density at radius 1 is 1.10 bits per heavy atom. The lowest BCUT2D eigenvalue weighted by Crippen LogP contribution is -2.51. The van der Waals surface area contributed by atoms with Gasteiger partial charge in [0.1, 0.15) is 0 Å². The van der Waals surface area contributed by atoms with Crippen molar-refractivity contribution < 1.29 is 14.4 Å². The van der Waals surface area contributed by atoms with Gasteiger partial charge in [0.2, 0.25) is 17.7 Å². The maximum Gasteiger partial charge on any atom is 0.237 e. The van der Waals surface area contributed by atoms with E-state index in [1.807, 2.05) is 62.4 Å². The molecular weight excluding hydrogens is 378 g/mol. The number of carbonyl (C=O) groups excluding carboxylic acids is 3. The van der Waals surface area contributed by atoms with Gasteiger partial charge in [-0.25, -0.2) is 0 Å². The topological polar surface area (TPSA) is 91.1 Å². The van der Waals surface area contributed by atoms with Crippen molar-refractivity contribution in [3.63, 3.8) is 0 Å². The summed E-state index contributed by atoms with van der Waals surface area (Å²) in [6.07, 6.45) is 1.72. The van der Waals surface area contributed by atoms with Crippen LogP contribution in [-0.4, -0.2) is 22.7 Å². The molecule has 0 spiro atoms. The van der Waals surface area contributed by atoms with E-state index in [9.17, 15) is 14.4 Å². The molecule has 1 unspecified atom stereocenters. The van der Waals surface area contributed by atoms with E-state index >= 15 is 0 Å². The molecular formula is C24H25N3O3. The highest BCUT2D eigenvalue weighted by Crippen LogP contribution is 2.36.